The normalized spacial score (nSPS) is 23.2. The Kier molecular flexibility index (Phi) is 3.46. The van der Waals surface area contributed by atoms with Gasteiger partial charge in [-0.15, -0.1) is 0 Å². The van der Waals surface area contributed by atoms with Gasteiger partial charge in [0.1, 0.15) is 5.82 Å². The number of hydrogen-bond acceptors (Lipinski definition) is 4. The highest BCUT2D eigenvalue weighted by atomic mass is 16.5. The number of aliphatic hydroxyl groups is 1. The molecule has 20 heavy (non-hydrogen) atoms. The molecule has 2 unspecified atom stereocenters. The number of morpholine rings is 1. The molecule has 0 aliphatic carbocycles. The Morgan fingerprint density at radius 1 is 1.45 bits per heavy atom. The molecule has 5 nitrogen and oxygen atoms in total. The fourth-order valence-electron chi connectivity index (χ4n) is 2.61. The molecule has 1 fully saturated rings. The summed E-state index contributed by atoms with van der Waals surface area (Å²) in [5, 5.41) is 10.9. The molecule has 0 bridgehead atoms. The molecule has 3 rings (SSSR count). The van der Waals surface area contributed by atoms with E-state index in [9.17, 15) is 9.90 Å². The van der Waals surface area contributed by atoms with Crippen LogP contribution < -0.4 is 10.5 Å². The zero-order chi connectivity index (χ0) is 14.1. The van der Waals surface area contributed by atoms with E-state index >= 15 is 0 Å². The van der Waals surface area contributed by atoms with Crippen molar-refractivity contribution in [3.05, 3.63) is 40.7 Å². The lowest BCUT2D eigenvalue weighted by molar-refractivity contribution is -0.0105. The second-order valence-electron chi connectivity index (χ2n) is 5.21. The van der Waals surface area contributed by atoms with Gasteiger partial charge >= 0.3 is 0 Å². The number of aromatic nitrogens is 1. The molecular formula is C15H18N2O3. The smallest absolute Gasteiger partial charge is 0.257 e. The van der Waals surface area contributed by atoms with Crippen LogP contribution in [-0.4, -0.2) is 42.0 Å². The largest absolute Gasteiger partial charge is 0.394 e. The fraction of sp³-hybridized carbons (Fsp3) is 0.400. The number of rotatable bonds is 2. The molecule has 1 aromatic carbocycles. The monoisotopic (exact) mass is 274 g/mol. The minimum Gasteiger partial charge on any atom is -0.394 e. The van der Waals surface area contributed by atoms with E-state index in [2.05, 4.69) is 9.88 Å². The number of nitrogens with one attached hydrogen (secondary N) is 1. The summed E-state index contributed by atoms with van der Waals surface area (Å²) in [6, 6.07) is 9.67. The molecule has 2 aromatic rings. The Bertz CT molecular complexity index is 667. The van der Waals surface area contributed by atoms with Crippen molar-refractivity contribution in [2.75, 3.05) is 24.7 Å². The molecule has 0 radical (unpaired) electrons. The number of fused-ring (bicyclic) bond motifs is 1. The van der Waals surface area contributed by atoms with E-state index in [-0.39, 0.29) is 24.3 Å². The third-order valence-electron chi connectivity index (χ3n) is 3.76. The zero-order valence-electron chi connectivity index (χ0n) is 11.4. The van der Waals surface area contributed by atoms with Gasteiger partial charge in [0, 0.05) is 11.9 Å². The van der Waals surface area contributed by atoms with Gasteiger partial charge < -0.3 is 19.7 Å². The molecule has 5 heteroatoms. The molecule has 1 aliphatic heterocycles. The molecule has 0 spiro atoms. The van der Waals surface area contributed by atoms with E-state index in [0.29, 0.717) is 18.5 Å². The highest BCUT2D eigenvalue weighted by Gasteiger charge is 2.26. The predicted octanol–water partition coefficient (Wildman–Crippen LogP) is 1.11. The summed E-state index contributed by atoms with van der Waals surface area (Å²) in [5.74, 6) is 0.781. The maximum absolute atomic E-state index is 12.1. The number of aliphatic hydroxyl groups excluding tert-OH is 1. The van der Waals surface area contributed by atoms with Crippen molar-refractivity contribution in [2.24, 2.45) is 0 Å². The van der Waals surface area contributed by atoms with Crippen molar-refractivity contribution in [3.63, 3.8) is 0 Å². The summed E-state index contributed by atoms with van der Waals surface area (Å²) >= 11 is 0. The standard InChI is InChI=1S/C15H18N2O3/c1-10-9-20-12(8-18)7-17(10)14-6-11-4-2-3-5-13(11)15(19)16-14/h2-6,10,12,18H,7-9H2,1H3,(H,16,19). The molecule has 0 amide bonds. The third kappa shape index (κ3) is 2.30. The van der Waals surface area contributed by atoms with Crippen molar-refractivity contribution in [2.45, 2.75) is 19.1 Å². The first-order valence-corrected chi connectivity index (χ1v) is 6.80. The Labute approximate surface area is 116 Å². The van der Waals surface area contributed by atoms with Crippen molar-refractivity contribution in [3.8, 4) is 0 Å². The molecule has 0 saturated carbocycles. The maximum Gasteiger partial charge on any atom is 0.257 e. The van der Waals surface area contributed by atoms with Crippen molar-refractivity contribution in [1.82, 2.24) is 4.98 Å². The van der Waals surface area contributed by atoms with Gasteiger partial charge in [-0.3, -0.25) is 4.79 Å². The van der Waals surface area contributed by atoms with Gasteiger partial charge in [0.2, 0.25) is 0 Å². The Hall–Kier alpha value is -1.85. The Morgan fingerprint density at radius 2 is 2.25 bits per heavy atom. The van der Waals surface area contributed by atoms with Gasteiger partial charge in [-0.1, -0.05) is 18.2 Å². The maximum atomic E-state index is 12.1. The zero-order valence-corrected chi connectivity index (χ0v) is 11.4. The van der Waals surface area contributed by atoms with Crippen molar-refractivity contribution >= 4 is 16.6 Å². The van der Waals surface area contributed by atoms with Gasteiger partial charge in [-0.2, -0.15) is 0 Å². The lowest BCUT2D eigenvalue weighted by Crippen LogP contribution is -2.50. The quantitative estimate of drug-likeness (QED) is 0.861. The molecule has 1 saturated heterocycles. The van der Waals surface area contributed by atoms with Crippen LogP contribution in [0, 0.1) is 0 Å². The number of benzene rings is 1. The van der Waals surface area contributed by atoms with Gasteiger partial charge in [-0.25, -0.2) is 0 Å². The van der Waals surface area contributed by atoms with E-state index in [1.54, 1.807) is 0 Å². The van der Waals surface area contributed by atoms with Crippen LogP contribution >= 0.6 is 0 Å². The average molecular weight is 274 g/mol. The van der Waals surface area contributed by atoms with Crippen molar-refractivity contribution < 1.29 is 9.84 Å². The first kappa shape index (κ1) is 13.1. The summed E-state index contributed by atoms with van der Waals surface area (Å²) in [5.41, 5.74) is -0.0858. The van der Waals surface area contributed by atoms with Gasteiger partial charge in [0.25, 0.3) is 5.56 Å². The lowest BCUT2D eigenvalue weighted by Gasteiger charge is -2.38. The molecule has 106 valence electrons. The first-order chi connectivity index (χ1) is 9.69. The van der Waals surface area contributed by atoms with Crippen LogP contribution in [0.3, 0.4) is 0 Å². The number of hydrogen-bond donors (Lipinski definition) is 2. The molecule has 2 N–H and O–H groups in total. The van der Waals surface area contributed by atoms with Crippen LogP contribution in [0.5, 0.6) is 0 Å². The van der Waals surface area contributed by atoms with E-state index in [1.165, 1.54) is 0 Å². The van der Waals surface area contributed by atoms with E-state index < -0.39 is 0 Å². The number of nitrogens with zero attached hydrogens (tertiary/aromatic N) is 1. The second kappa shape index (κ2) is 5.26. The average Bonchev–Trinajstić information content (AvgIpc) is 2.48. The van der Waals surface area contributed by atoms with Crippen LogP contribution in [0.2, 0.25) is 0 Å². The summed E-state index contributed by atoms with van der Waals surface area (Å²) in [7, 11) is 0. The Morgan fingerprint density at radius 3 is 3.05 bits per heavy atom. The van der Waals surface area contributed by atoms with Gasteiger partial charge in [0.15, 0.2) is 0 Å². The van der Waals surface area contributed by atoms with Crippen LogP contribution in [0.4, 0.5) is 5.82 Å². The number of ether oxygens (including phenoxy) is 1. The number of pyridine rings is 1. The highest BCUT2D eigenvalue weighted by Crippen LogP contribution is 2.21. The fourth-order valence-corrected chi connectivity index (χ4v) is 2.61. The summed E-state index contributed by atoms with van der Waals surface area (Å²) < 4.78 is 5.53. The minimum atomic E-state index is -0.207. The van der Waals surface area contributed by atoms with Crippen LogP contribution in [0.1, 0.15) is 6.92 Å². The molecule has 1 aliphatic rings. The minimum absolute atomic E-state index is 0.0129. The predicted molar refractivity (Wildman–Crippen MR) is 78.2 cm³/mol. The summed E-state index contributed by atoms with van der Waals surface area (Å²) in [6.45, 7) is 3.15. The summed E-state index contributed by atoms with van der Waals surface area (Å²) in [6.07, 6.45) is -0.207. The van der Waals surface area contributed by atoms with Crippen LogP contribution in [0.15, 0.2) is 35.1 Å². The third-order valence-corrected chi connectivity index (χ3v) is 3.76. The summed E-state index contributed by atoms with van der Waals surface area (Å²) in [4.78, 5) is 17.1. The van der Waals surface area contributed by atoms with Crippen LogP contribution in [0.25, 0.3) is 10.8 Å². The SMILES string of the molecule is CC1COC(CO)CN1c1cc2ccccc2c(=O)[nH]1. The lowest BCUT2D eigenvalue weighted by atomic mass is 10.1. The van der Waals surface area contributed by atoms with Crippen molar-refractivity contribution in [1.29, 1.82) is 0 Å². The van der Waals surface area contributed by atoms with E-state index in [1.807, 2.05) is 37.3 Å². The second-order valence-corrected chi connectivity index (χ2v) is 5.21. The molecular weight excluding hydrogens is 256 g/mol. The highest BCUT2D eigenvalue weighted by molar-refractivity contribution is 5.83. The molecule has 2 heterocycles. The topological polar surface area (TPSA) is 65.6 Å². The molecule has 1 aromatic heterocycles. The Balaban J connectivity index is 2.02. The van der Waals surface area contributed by atoms with Gasteiger partial charge in [0.05, 0.1) is 25.4 Å². The number of H-pyrrole nitrogens is 1. The van der Waals surface area contributed by atoms with E-state index in [4.69, 9.17) is 4.74 Å². The molecule has 2 atom stereocenters. The van der Waals surface area contributed by atoms with Crippen LogP contribution in [-0.2, 0) is 4.74 Å². The first-order valence-electron chi connectivity index (χ1n) is 6.80. The number of aromatic amines is 1. The number of anilines is 1. The van der Waals surface area contributed by atoms with Gasteiger partial charge in [-0.05, 0) is 24.4 Å². The van der Waals surface area contributed by atoms with E-state index in [0.717, 1.165) is 11.2 Å².